The summed E-state index contributed by atoms with van der Waals surface area (Å²) in [5.74, 6) is -0.666. The number of hydrogen-bond donors (Lipinski definition) is 2. The third kappa shape index (κ3) is 4.02. The first kappa shape index (κ1) is 13.3. The molecule has 0 aromatic rings. The van der Waals surface area contributed by atoms with E-state index in [1.165, 1.54) is 0 Å². The molecule has 5 nitrogen and oxygen atoms in total. The zero-order valence-electron chi connectivity index (χ0n) is 9.40. The summed E-state index contributed by atoms with van der Waals surface area (Å²) in [6, 6.07) is -0.968. The zero-order valence-corrected chi connectivity index (χ0v) is 10.2. The first-order valence-electron chi connectivity index (χ1n) is 5.48. The monoisotopic (exact) mass is 246 g/mol. The lowest BCUT2D eigenvalue weighted by Gasteiger charge is -2.20. The van der Waals surface area contributed by atoms with Crippen LogP contribution in [0.2, 0.25) is 0 Å². The van der Waals surface area contributed by atoms with Crippen LogP contribution in [0.15, 0.2) is 0 Å². The summed E-state index contributed by atoms with van der Waals surface area (Å²) in [6.45, 7) is 0.943. The van der Waals surface area contributed by atoms with Crippen molar-refractivity contribution in [1.29, 1.82) is 0 Å². The summed E-state index contributed by atoms with van der Waals surface area (Å²) in [5.41, 5.74) is 0. The predicted molar refractivity (Wildman–Crippen MR) is 59.8 cm³/mol. The molecule has 0 spiro atoms. The molecule has 1 rings (SSSR count). The molecule has 1 aliphatic rings. The van der Waals surface area contributed by atoms with Gasteiger partial charge in [-0.2, -0.15) is 11.8 Å². The first-order chi connectivity index (χ1) is 7.65. The number of nitrogens with one attached hydrogen (secondary N) is 1. The molecule has 1 saturated heterocycles. The molecule has 0 saturated carbocycles. The maximum Gasteiger partial charge on any atom is 0.278 e. The molecule has 1 fully saturated rings. The quantitative estimate of drug-likeness (QED) is 0.552. The molecule has 1 amide bonds. The van der Waals surface area contributed by atoms with E-state index in [2.05, 4.69) is 5.32 Å². The van der Waals surface area contributed by atoms with Crippen molar-refractivity contribution in [2.75, 3.05) is 18.6 Å². The van der Waals surface area contributed by atoms with Crippen molar-refractivity contribution >= 4 is 23.6 Å². The molecule has 1 heterocycles. The number of carbonyl (C=O) groups excluding carboxylic acids is 2. The Kier molecular flexibility index (Phi) is 5.62. The van der Waals surface area contributed by atoms with Gasteiger partial charge in [0.25, 0.3) is 5.91 Å². The minimum atomic E-state index is -1.19. The highest BCUT2D eigenvalue weighted by atomic mass is 32.2. The van der Waals surface area contributed by atoms with E-state index in [0.29, 0.717) is 12.2 Å². The van der Waals surface area contributed by atoms with E-state index in [0.717, 1.165) is 19.4 Å². The molecule has 0 bridgehead atoms. The van der Waals surface area contributed by atoms with Gasteiger partial charge < -0.3 is 20.5 Å². The molecule has 2 atom stereocenters. The van der Waals surface area contributed by atoms with Crippen molar-refractivity contribution in [1.82, 2.24) is 5.32 Å². The number of amides is 1. The van der Waals surface area contributed by atoms with Gasteiger partial charge in [0.05, 0.1) is 18.6 Å². The summed E-state index contributed by atoms with van der Waals surface area (Å²) in [5, 5.41) is 15.3. The molecule has 0 aromatic carbocycles. The topological polar surface area (TPSA) is 85.8 Å². The van der Waals surface area contributed by atoms with Crippen molar-refractivity contribution in [3.63, 3.8) is 0 Å². The molecule has 0 unspecified atom stereocenters. The van der Waals surface area contributed by atoms with Gasteiger partial charge in [-0.1, -0.05) is 0 Å². The molecule has 92 valence electrons. The Balaban J connectivity index is 2.40. The molecule has 3 N–H and O–H groups in total. The highest BCUT2D eigenvalue weighted by Gasteiger charge is 2.27. The van der Waals surface area contributed by atoms with Crippen molar-refractivity contribution < 1.29 is 20.0 Å². The van der Waals surface area contributed by atoms with E-state index >= 15 is 0 Å². The van der Waals surface area contributed by atoms with E-state index in [1.807, 2.05) is 11.6 Å². The van der Waals surface area contributed by atoms with E-state index in [9.17, 15) is 14.7 Å². The standard InChI is InChI=1S/C10H18N2O3S/c1-16-6-4-8(10(14)15)12-9(13)7-3-2-5-11-7/h7-8,11H,2-6H2,1H3,(H,12,13)(H,14,15)/t7-,8-/m0/s1. The lowest BCUT2D eigenvalue weighted by Crippen LogP contribution is -2.89. The Morgan fingerprint density at radius 2 is 2.38 bits per heavy atom. The van der Waals surface area contributed by atoms with Crippen molar-refractivity contribution in [2.45, 2.75) is 31.3 Å². The average Bonchev–Trinajstić information content (AvgIpc) is 2.76. The fraction of sp³-hybridized carbons (Fsp3) is 0.800. The van der Waals surface area contributed by atoms with Crippen LogP contribution in [-0.2, 0) is 9.59 Å². The van der Waals surface area contributed by atoms with Crippen LogP contribution in [0.1, 0.15) is 19.3 Å². The first-order valence-corrected chi connectivity index (χ1v) is 6.88. The van der Waals surface area contributed by atoms with Gasteiger partial charge >= 0.3 is 0 Å². The van der Waals surface area contributed by atoms with Gasteiger partial charge in [0.2, 0.25) is 0 Å². The minimum absolute atomic E-state index is 0.115. The summed E-state index contributed by atoms with van der Waals surface area (Å²) >= 11 is 1.56. The number of hydrogen-bond acceptors (Lipinski definition) is 4. The van der Waals surface area contributed by atoms with Crippen LogP contribution in [-0.4, -0.2) is 42.5 Å². The lowest BCUT2D eigenvalue weighted by molar-refractivity contribution is -0.657. The smallest absolute Gasteiger partial charge is 0.278 e. The van der Waals surface area contributed by atoms with Gasteiger partial charge in [0.15, 0.2) is 6.04 Å². The summed E-state index contributed by atoms with van der Waals surface area (Å²) < 4.78 is 0. The fourth-order valence-electron chi connectivity index (χ4n) is 1.78. The number of aliphatic carboxylic acids is 1. The molecule has 1 aliphatic heterocycles. The SMILES string of the molecule is CSCC[C@H](NC(=O)[C@@H]1CCC[NH2+]1)C(=O)[O-]. The molecule has 0 radical (unpaired) electrons. The van der Waals surface area contributed by atoms with Crippen molar-refractivity contribution in [3.8, 4) is 0 Å². The number of carboxylic acid groups (broad SMARTS) is 1. The van der Waals surface area contributed by atoms with Gasteiger partial charge in [-0.05, 0) is 18.4 Å². The van der Waals surface area contributed by atoms with Crippen LogP contribution >= 0.6 is 11.8 Å². The van der Waals surface area contributed by atoms with E-state index in [1.54, 1.807) is 11.8 Å². The zero-order chi connectivity index (χ0) is 12.0. The van der Waals surface area contributed by atoms with E-state index < -0.39 is 12.0 Å². The Hall–Kier alpha value is -0.750. The number of thioether (sulfide) groups is 1. The van der Waals surface area contributed by atoms with Gasteiger partial charge in [-0.15, -0.1) is 0 Å². The Morgan fingerprint density at radius 3 is 2.88 bits per heavy atom. The van der Waals surface area contributed by atoms with E-state index in [4.69, 9.17) is 0 Å². The third-order valence-electron chi connectivity index (χ3n) is 2.72. The van der Waals surface area contributed by atoms with Crippen LogP contribution in [0.25, 0.3) is 0 Å². The molecule has 0 aromatic heterocycles. The molecule has 16 heavy (non-hydrogen) atoms. The molecular weight excluding hydrogens is 228 g/mol. The van der Waals surface area contributed by atoms with Crippen LogP contribution in [0.3, 0.4) is 0 Å². The van der Waals surface area contributed by atoms with Gasteiger partial charge in [-0.3, -0.25) is 4.79 Å². The minimum Gasteiger partial charge on any atom is -0.548 e. The second kappa shape index (κ2) is 6.75. The van der Waals surface area contributed by atoms with Crippen LogP contribution < -0.4 is 15.7 Å². The van der Waals surface area contributed by atoms with Crippen LogP contribution in [0.4, 0.5) is 0 Å². The third-order valence-corrected chi connectivity index (χ3v) is 3.36. The fourth-order valence-corrected chi connectivity index (χ4v) is 2.25. The number of nitrogens with two attached hydrogens (primary N) is 1. The lowest BCUT2D eigenvalue weighted by atomic mass is 10.1. The largest absolute Gasteiger partial charge is 0.548 e. The maximum absolute atomic E-state index is 11.7. The number of quaternary nitrogens is 1. The molecule has 0 aliphatic carbocycles. The average molecular weight is 246 g/mol. The van der Waals surface area contributed by atoms with Gasteiger partial charge in [0, 0.05) is 12.8 Å². The maximum atomic E-state index is 11.7. The summed E-state index contributed by atoms with van der Waals surface area (Å²) in [7, 11) is 0. The highest BCUT2D eigenvalue weighted by Crippen LogP contribution is 2.02. The Bertz CT molecular complexity index is 254. The Labute approximate surface area is 99.4 Å². The van der Waals surface area contributed by atoms with Gasteiger partial charge in [-0.25, -0.2) is 0 Å². The highest BCUT2D eigenvalue weighted by molar-refractivity contribution is 7.98. The second-order valence-corrected chi connectivity index (χ2v) is 4.92. The summed E-state index contributed by atoms with van der Waals surface area (Å²) in [4.78, 5) is 22.5. The van der Waals surface area contributed by atoms with Crippen molar-refractivity contribution in [3.05, 3.63) is 0 Å². The van der Waals surface area contributed by atoms with E-state index in [-0.39, 0.29) is 11.9 Å². The molecular formula is C10H18N2O3S. The van der Waals surface area contributed by atoms with Crippen LogP contribution in [0, 0.1) is 0 Å². The number of carbonyl (C=O) groups is 2. The van der Waals surface area contributed by atoms with Crippen molar-refractivity contribution in [2.24, 2.45) is 0 Å². The number of rotatable bonds is 6. The normalized spacial score (nSPS) is 21.7. The molecule has 6 heteroatoms. The predicted octanol–water partition coefficient (Wildman–Crippen LogP) is -2.30. The summed E-state index contributed by atoms with van der Waals surface area (Å²) in [6.07, 6.45) is 4.16. The van der Waals surface area contributed by atoms with Gasteiger partial charge in [0.1, 0.15) is 0 Å². The van der Waals surface area contributed by atoms with Crippen LogP contribution in [0.5, 0.6) is 0 Å². The Morgan fingerprint density at radius 1 is 1.62 bits per heavy atom. The number of carboxylic acids is 1. The second-order valence-electron chi connectivity index (χ2n) is 3.93.